The Labute approximate surface area is 118 Å². The van der Waals surface area contributed by atoms with Crippen LogP contribution in [0.2, 0.25) is 0 Å². The minimum absolute atomic E-state index is 0.292. The first-order valence-electron chi connectivity index (χ1n) is 7.78. The van der Waals surface area contributed by atoms with Gasteiger partial charge in [0.05, 0.1) is 0 Å². The zero-order valence-electron chi connectivity index (χ0n) is 12.6. The summed E-state index contributed by atoms with van der Waals surface area (Å²) in [5.74, 6) is 0. The van der Waals surface area contributed by atoms with Crippen LogP contribution in [0, 0.1) is 0 Å². The summed E-state index contributed by atoms with van der Waals surface area (Å²) in [7, 11) is 0. The van der Waals surface area contributed by atoms with Gasteiger partial charge < -0.3 is 10.6 Å². The van der Waals surface area contributed by atoms with E-state index in [1.165, 1.54) is 30.5 Å². The van der Waals surface area contributed by atoms with Gasteiger partial charge in [0.1, 0.15) is 0 Å². The Balaban J connectivity index is 2.09. The molecule has 0 bridgehead atoms. The molecule has 0 amide bonds. The van der Waals surface area contributed by atoms with Crippen molar-refractivity contribution in [3.8, 4) is 0 Å². The number of hydrogen-bond acceptors (Lipinski definition) is 2. The fourth-order valence-electron chi connectivity index (χ4n) is 3.19. The van der Waals surface area contributed by atoms with Gasteiger partial charge in [-0.3, -0.25) is 0 Å². The molecule has 106 valence electrons. The van der Waals surface area contributed by atoms with Crippen molar-refractivity contribution in [2.45, 2.75) is 71.0 Å². The Morgan fingerprint density at radius 1 is 1.21 bits per heavy atom. The maximum absolute atomic E-state index is 6.02. The Morgan fingerprint density at radius 3 is 2.47 bits per heavy atom. The molecule has 0 saturated carbocycles. The molecule has 1 saturated heterocycles. The van der Waals surface area contributed by atoms with Crippen molar-refractivity contribution < 1.29 is 0 Å². The maximum Gasteiger partial charge on any atom is 0.0371 e. The highest BCUT2D eigenvalue weighted by molar-refractivity contribution is 5.50. The number of hydrogen-bond donors (Lipinski definition) is 1. The molecular formula is C17H28N2. The maximum atomic E-state index is 6.02. The minimum atomic E-state index is 0.292. The van der Waals surface area contributed by atoms with Gasteiger partial charge in [0, 0.05) is 23.8 Å². The molecule has 0 aromatic heterocycles. The lowest BCUT2D eigenvalue weighted by molar-refractivity contribution is 0.627. The molecule has 1 aliphatic rings. The molecule has 1 fully saturated rings. The predicted molar refractivity (Wildman–Crippen MR) is 83.7 cm³/mol. The number of nitrogens with two attached hydrogens (primary N) is 1. The van der Waals surface area contributed by atoms with Gasteiger partial charge in [-0.2, -0.15) is 0 Å². The zero-order valence-corrected chi connectivity index (χ0v) is 12.6. The molecule has 0 spiro atoms. The molecule has 3 atom stereocenters. The number of benzene rings is 1. The Bertz CT molecular complexity index is 385. The first-order chi connectivity index (χ1) is 9.15. The smallest absolute Gasteiger partial charge is 0.0371 e. The predicted octanol–water partition coefficient (Wildman–Crippen LogP) is 3.73. The van der Waals surface area contributed by atoms with Gasteiger partial charge in [-0.1, -0.05) is 26.0 Å². The van der Waals surface area contributed by atoms with Crippen LogP contribution in [0.15, 0.2) is 24.3 Å². The van der Waals surface area contributed by atoms with Crippen LogP contribution in [0.4, 0.5) is 5.69 Å². The van der Waals surface area contributed by atoms with Crippen molar-refractivity contribution in [2.75, 3.05) is 4.90 Å². The van der Waals surface area contributed by atoms with Crippen LogP contribution in [-0.2, 0) is 6.42 Å². The largest absolute Gasteiger partial charge is 0.366 e. The molecule has 2 heteroatoms. The summed E-state index contributed by atoms with van der Waals surface area (Å²) in [6.07, 6.45) is 5.93. The molecule has 2 rings (SSSR count). The van der Waals surface area contributed by atoms with Crippen molar-refractivity contribution in [3.05, 3.63) is 29.8 Å². The molecule has 2 N–H and O–H groups in total. The van der Waals surface area contributed by atoms with Gasteiger partial charge in [0.15, 0.2) is 0 Å². The highest BCUT2D eigenvalue weighted by Crippen LogP contribution is 2.32. The Hall–Kier alpha value is -1.02. The highest BCUT2D eigenvalue weighted by Gasteiger charge is 2.29. The molecule has 19 heavy (non-hydrogen) atoms. The molecule has 3 unspecified atom stereocenters. The van der Waals surface area contributed by atoms with E-state index in [4.69, 9.17) is 5.73 Å². The van der Waals surface area contributed by atoms with Crippen LogP contribution in [0.3, 0.4) is 0 Å². The van der Waals surface area contributed by atoms with E-state index >= 15 is 0 Å². The van der Waals surface area contributed by atoms with E-state index in [0.717, 1.165) is 18.9 Å². The van der Waals surface area contributed by atoms with Crippen molar-refractivity contribution in [1.29, 1.82) is 0 Å². The van der Waals surface area contributed by atoms with Crippen molar-refractivity contribution >= 4 is 5.69 Å². The van der Waals surface area contributed by atoms with E-state index in [1.54, 1.807) is 0 Å². The molecule has 1 heterocycles. The molecule has 0 radical (unpaired) electrons. The summed E-state index contributed by atoms with van der Waals surface area (Å²) < 4.78 is 0. The first kappa shape index (κ1) is 14.4. The molecule has 0 aliphatic carbocycles. The third-order valence-electron chi connectivity index (χ3n) is 4.51. The summed E-state index contributed by atoms with van der Waals surface area (Å²) in [4.78, 5) is 2.60. The Kier molecular flexibility index (Phi) is 4.87. The summed E-state index contributed by atoms with van der Waals surface area (Å²) in [6.45, 7) is 6.79. The van der Waals surface area contributed by atoms with Crippen LogP contribution in [0.1, 0.15) is 52.0 Å². The summed E-state index contributed by atoms with van der Waals surface area (Å²) in [6, 6.07) is 10.8. The standard InChI is InChI=1S/C17H28N2/c1-4-15(18)12-14-7-10-17(11-8-14)19-13(3)6-9-16(19)5-2/h7-8,10-11,13,15-16H,4-6,9,12,18H2,1-3H3. The number of anilines is 1. The first-order valence-corrected chi connectivity index (χ1v) is 7.78. The summed E-state index contributed by atoms with van der Waals surface area (Å²) in [5.41, 5.74) is 8.76. The SMILES string of the molecule is CCC(N)Cc1ccc(N2C(C)CCC2CC)cc1. The van der Waals surface area contributed by atoms with E-state index in [2.05, 4.69) is 49.9 Å². The molecular weight excluding hydrogens is 232 g/mol. The monoisotopic (exact) mass is 260 g/mol. The topological polar surface area (TPSA) is 29.3 Å². The van der Waals surface area contributed by atoms with Crippen molar-refractivity contribution in [2.24, 2.45) is 5.73 Å². The molecule has 1 aromatic rings. The average Bonchev–Trinajstić information content (AvgIpc) is 2.80. The zero-order chi connectivity index (χ0) is 13.8. The van der Waals surface area contributed by atoms with Gasteiger partial charge in [-0.15, -0.1) is 0 Å². The van der Waals surface area contributed by atoms with Gasteiger partial charge in [0.2, 0.25) is 0 Å². The van der Waals surface area contributed by atoms with Gasteiger partial charge in [-0.05, 0) is 56.7 Å². The Morgan fingerprint density at radius 2 is 1.89 bits per heavy atom. The lowest BCUT2D eigenvalue weighted by atomic mass is 10.0. The van der Waals surface area contributed by atoms with E-state index in [0.29, 0.717) is 12.1 Å². The van der Waals surface area contributed by atoms with E-state index < -0.39 is 0 Å². The van der Waals surface area contributed by atoms with Crippen LogP contribution in [-0.4, -0.2) is 18.1 Å². The normalized spacial score (nSPS) is 24.7. The van der Waals surface area contributed by atoms with Crippen molar-refractivity contribution in [1.82, 2.24) is 0 Å². The van der Waals surface area contributed by atoms with E-state index in [9.17, 15) is 0 Å². The van der Waals surface area contributed by atoms with Gasteiger partial charge in [-0.25, -0.2) is 0 Å². The van der Waals surface area contributed by atoms with Gasteiger partial charge in [0.25, 0.3) is 0 Å². The van der Waals surface area contributed by atoms with Crippen LogP contribution >= 0.6 is 0 Å². The van der Waals surface area contributed by atoms with E-state index in [1.807, 2.05) is 0 Å². The fraction of sp³-hybridized carbons (Fsp3) is 0.647. The lowest BCUT2D eigenvalue weighted by Crippen LogP contribution is -2.34. The second-order valence-electron chi connectivity index (χ2n) is 5.93. The second kappa shape index (κ2) is 6.42. The van der Waals surface area contributed by atoms with Crippen LogP contribution in [0.25, 0.3) is 0 Å². The lowest BCUT2D eigenvalue weighted by Gasteiger charge is -2.30. The molecule has 2 nitrogen and oxygen atoms in total. The van der Waals surface area contributed by atoms with Crippen LogP contribution < -0.4 is 10.6 Å². The summed E-state index contributed by atoms with van der Waals surface area (Å²) in [5, 5.41) is 0. The minimum Gasteiger partial charge on any atom is -0.366 e. The molecule has 1 aliphatic heterocycles. The van der Waals surface area contributed by atoms with Gasteiger partial charge >= 0.3 is 0 Å². The third kappa shape index (κ3) is 3.30. The highest BCUT2D eigenvalue weighted by atomic mass is 15.2. The number of rotatable bonds is 5. The quantitative estimate of drug-likeness (QED) is 0.874. The van der Waals surface area contributed by atoms with Crippen LogP contribution in [0.5, 0.6) is 0 Å². The van der Waals surface area contributed by atoms with E-state index in [-0.39, 0.29) is 0 Å². The van der Waals surface area contributed by atoms with Crippen molar-refractivity contribution in [3.63, 3.8) is 0 Å². The number of nitrogens with zero attached hydrogens (tertiary/aromatic N) is 1. The average molecular weight is 260 g/mol. The molecule has 1 aromatic carbocycles. The third-order valence-corrected chi connectivity index (χ3v) is 4.51. The summed E-state index contributed by atoms with van der Waals surface area (Å²) >= 11 is 0. The second-order valence-corrected chi connectivity index (χ2v) is 5.93. The fourth-order valence-corrected chi connectivity index (χ4v) is 3.19.